The lowest BCUT2D eigenvalue weighted by molar-refractivity contribution is 0.0602. The van der Waals surface area contributed by atoms with Crippen LogP contribution in [0.25, 0.3) is 0 Å². The van der Waals surface area contributed by atoms with Crippen molar-refractivity contribution in [2.24, 2.45) is 0 Å². The molecule has 0 saturated carbocycles. The van der Waals surface area contributed by atoms with Gasteiger partial charge in [0, 0.05) is 22.8 Å². The third-order valence-corrected chi connectivity index (χ3v) is 5.43. The topological polar surface area (TPSA) is 40.5 Å². The van der Waals surface area contributed by atoms with E-state index < -0.39 is 0 Å². The molecule has 2 heterocycles. The number of thiophene rings is 1. The van der Waals surface area contributed by atoms with Crippen molar-refractivity contribution in [1.82, 2.24) is 4.90 Å². The summed E-state index contributed by atoms with van der Waals surface area (Å²) in [4.78, 5) is 16.0. The Morgan fingerprint density at radius 1 is 1.30 bits per heavy atom. The van der Waals surface area contributed by atoms with Gasteiger partial charge >= 0.3 is 0 Å². The number of hydrogen-bond donors (Lipinski definition) is 1. The number of likely N-dealkylation sites (tertiary alicyclic amines) is 1. The van der Waals surface area contributed by atoms with Crippen LogP contribution in [0.3, 0.4) is 0 Å². The molecule has 3 rings (SSSR count). The Bertz CT molecular complexity index is 662. The van der Waals surface area contributed by atoms with Gasteiger partial charge in [-0.25, -0.2) is 0 Å². The molecule has 1 N–H and O–H groups in total. The fourth-order valence-electron chi connectivity index (χ4n) is 3.29. The Kier molecular flexibility index (Phi) is 5.01. The van der Waals surface area contributed by atoms with Crippen LogP contribution in [-0.4, -0.2) is 28.5 Å². The van der Waals surface area contributed by atoms with Crippen molar-refractivity contribution >= 4 is 17.2 Å². The first kappa shape index (κ1) is 16.1. The number of phenols is 1. The lowest BCUT2D eigenvalue weighted by atomic mass is 9.95. The molecule has 2 aromatic rings. The monoisotopic (exact) mass is 329 g/mol. The number of aromatic hydroxyl groups is 1. The van der Waals surface area contributed by atoms with Gasteiger partial charge in [-0.1, -0.05) is 12.1 Å². The van der Waals surface area contributed by atoms with Crippen LogP contribution in [0, 0.1) is 6.92 Å². The maximum absolute atomic E-state index is 12.8. The number of aryl methyl sites for hydroxylation is 2. The number of rotatable bonds is 4. The van der Waals surface area contributed by atoms with Crippen LogP contribution >= 0.6 is 11.3 Å². The quantitative estimate of drug-likeness (QED) is 0.904. The molecule has 1 aromatic heterocycles. The number of amides is 1. The van der Waals surface area contributed by atoms with Gasteiger partial charge in [0.25, 0.3) is 5.91 Å². The van der Waals surface area contributed by atoms with E-state index >= 15 is 0 Å². The second kappa shape index (κ2) is 7.18. The van der Waals surface area contributed by atoms with Crippen molar-refractivity contribution in [1.29, 1.82) is 0 Å². The number of piperidine rings is 1. The van der Waals surface area contributed by atoms with Crippen LogP contribution in [0.15, 0.2) is 35.7 Å². The van der Waals surface area contributed by atoms with Crippen LogP contribution in [0.2, 0.25) is 0 Å². The molecule has 1 atom stereocenters. The van der Waals surface area contributed by atoms with E-state index in [1.165, 1.54) is 16.9 Å². The molecule has 0 aliphatic carbocycles. The van der Waals surface area contributed by atoms with Gasteiger partial charge in [0.1, 0.15) is 5.75 Å². The van der Waals surface area contributed by atoms with Gasteiger partial charge in [0.15, 0.2) is 0 Å². The Morgan fingerprint density at radius 3 is 2.78 bits per heavy atom. The number of carbonyl (C=O) groups is 1. The van der Waals surface area contributed by atoms with Crippen molar-refractivity contribution in [3.05, 3.63) is 51.7 Å². The summed E-state index contributed by atoms with van der Waals surface area (Å²) in [6.45, 7) is 2.91. The van der Waals surface area contributed by atoms with Crippen molar-refractivity contribution < 1.29 is 9.90 Å². The standard InChI is InChI=1S/C19H23NO2S/c1-14-12-16(13-23-14)19(22)20-11-3-2-4-17(20)8-5-15-6-9-18(21)10-7-15/h6-7,9-10,12-13,17,21H,2-5,8,11H2,1H3/t17-/m1/s1. The third-order valence-electron chi connectivity index (χ3n) is 4.57. The average Bonchev–Trinajstić information content (AvgIpc) is 3.00. The minimum atomic E-state index is 0.185. The Morgan fingerprint density at radius 2 is 2.09 bits per heavy atom. The second-order valence-corrected chi connectivity index (χ2v) is 7.41. The summed E-state index contributed by atoms with van der Waals surface area (Å²) in [6.07, 6.45) is 5.32. The molecule has 4 heteroatoms. The maximum Gasteiger partial charge on any atom is 0.254 e. The van der Waals surface area contributed by atoms with Crippen LogP contribution in [0.5, 0.6) is 5.75 Å². The highest BCUT2D eigenvalue weighted by Crippen LogP contribution is 2.25. The van der Waals surface area contributed by atoms with Gasteiger partial charge in [0.05, 0.1) is 5.56 Å². The largest absolute Gasteiger partial charge is 0.508 e. The fraction of sp³-hybridized carbons (Fsp3) is 0.421. The van der Waals surface area contributed by atoms with Crippen LogP contribution in [0.4, 0.5) is 0 Å². The highest BCUT2D eigenvalue weighted by atomic mass is 32.1. The molecule has 122 valence electrons. The Labute approximate surface area is 141 Å². The van der Waals surface area contributed by atoms with E-state index in [0.717, 1.165) is 37.8 Å². The number of phenolic OH excluding ortho intramolecular Hbond substituents is 1. The van der Waals surface area contributed by atoms with Gasteiger partial charge < -0.3 is 10.0 Å². The third kappa shape index (κ3) is 3.94. The molecular weight excluding hydrogens is 306 g/mol. The summed E-state index contributed by atoms with van der Waals surface area (Å²) in [5.74, 6) is 0.487. The molecule has 23 heavy (non-hydrogen) atoms. The predicted octanol–water partition coefficient (Wildman–Crippen LogP) is 4.39. The van der Waals surface area contributed by atoms with E-state index in [9.17, 15) is 9.90 Å². The zero-order chi connectivity index (χ0) is 16.2. The highest BCUT2D eigenvalue weighted by Gasteiger charge is 2.27. The van der Waals surface area contributed by atoms with Crippen LogP contribution in [-0.2, 0) is 6.42 Å². The van der Waals surface area contributed by atoms with Gasteiger partial charge in [-0.3, -0.25) is 4.79 Å². The molecule has 1 aliphatic rings. The van der Waals surface area contributed by atoms with Gasteiger partial charge in [-0.2, -0.15) is 0 Å². The first-order valence-corrected chi connectivity index (χ1v) is 9.15. The van der Waals surface area contributed by atoms with Crippen LogP contribution in [0.1, 0.15) is 46.5 Å². The molecule has 1 fully saturated rings. The normalized spacial score (nSPS) is 18.1. The summed E-state index contributed by atoms with van der Waals surface area (Å²) in [5.41, 5.74) is 2.05. The SMILES string of the molecule is Cc1cc(C(=O)N2CCCC[C@@H]2CCc2ccc(O)cc2)cs1. The summed E-state index contributed by atoms with van der Waals surface area (Å²) >= 11 is 1.64. The van der Waals surface area contributed by atoms with E-state index in [2.05, 4.69) is 4.90 Å². The van der Waals surface area contributed by atoms with E-state index in [-0.39, 0.29) is 5.91 Å². The molecule has 0 radical (unpaired) electrons. The summed E-state index contributed by atoms with van der Waals surface area (Å²) in [5, 5.41) is 11.3. The Balaban J connectivity index is 1.66. The molecule has 0 bridgehead atoms. The summed E-state index contributed by atoms with van der Waals surface area (Å²) < 4.78 is 0. The molecule has 1 aromatic carbocycles. The van der Waals surface area contributed by atoms with E-state index in [4.69, 9.17) is 0 Å². The van der Waals surface area contributed by atoms with Crippen LogP contribution < -0.4 is 0 Å². The van der Waals surface area contributed by atoms with Gasteiger partial charge in [0.2, 0.25) is 0 Å². The molecule has 1 saturated heterocycles. The van der Waals surface area contributed by atoms with E-state index in [1.807, 2.05) is 30.5 Å². The fourth-order valence-corrected chi connectivity index (χ4v) is 3.96. The van der Waals surface area contributed by atoms with Crippen molar-refractivity contribution in [3.8, 4) is 5.75 Å². The molecule has 1 aliphatic heterocycles. The summed E-state index contributed by atoms with van der Waals surface area (Å²) in [7, 11) is 0. The number of nitrogens with zero attached hydrogens (tertiary/aromatic N) is 1. The minimum absolute atomic E-state index is 0.185. The van der Waals surface area contributed by atoms with Crippen molar-refractivity contribution in [2.75, 3.05) is 6.54 Å². The minimum Gasteiger partial charge on any atom is -0.508 e. The van der Waals surface area contributed by atoms with E-state index in [1.54, 1.807) is 23.5 Å². The van der Waals surface area contributed by atoms with Crippen molar-refractivity contribution in [2.45, 2.75) is 45.1 Å². The smallest absolute Gasteiger partial charge is 0.254 e. The second-order valence-electron chi connectivity index (χ2n) is 6.30. The number of hydrogen-bond acceptors (Lipinski definition) is 3. The predicted molar refractivity (Wildman–Crippen MR) is 94.2 cm³/mol. The zero-order valence-corrected chi connectivity index (χ0v) is 14.3. The maximum atomic E-state index is 12.8. The summed E-state index contributed by atoms with van der Waals surface area (Å²) in [6, 6.07) is 9.71. The molecular formula is C19H23NO2S. The lowest BCUT2D eigenvalue weighted by Gasteiger charge is -2.36. The first-order valence-electron chi connectivity index (χ1n) is 8.27. The molecule has 0 unspecified atom stereocenters. The highest BCUT2D eigenvalue weighted by molar-refractivity contribution is 7.10. The molecule has 0 spiro atoms. The van der Waals surface area contributed by atoms with E-state index in [0.29, 0.717) is 11.8 Å². The van der Waals surface area contributed by atoms with Crippen molar-refractivity contribution in [3.63, 3.8) is 0 Å². The lowest BCUT2D eigenvalue weighted by Crippen LogP contribution is -2.43. The number of carbonyl (C=O) groups excluding carboxylic acids is 1. The average molecular weight is 329 g/mol. The molecule has 1 amide bonds. The molecule has 3 nitrogen and oxygen atoms in total. The number of benzene rings is 1. The van der Waals surface area contributed by atoms with Gasteiger partial charge in [-0.15, -0.1) is 11.3 Å². The first-order chi connectivity index (χ1) is 11.1. The zero-order valence-electron chi connectivity index (χ0n) is 13.5. The van der Waals surface area contributed by atoms with Gasteiger partial charge in [-0.05, 0) is 62.8 Å². The Hall–Kier alpha value is -1.81.